The molecule has 0 heterocycles. The Morgan fingerprint density at radius 2 is 2.19 bits per heavy atom. The van der Waals surface area contributed by atoms with E-state index in [9.17, 15) is 8.42 Å². The highest BCUT2D eigenvalue weighted by molar-refractivity contribution is 7.85. The van der Waals surface area contributed by atoms with Crippen LogP contribution in [-0.4, -0.2) is 21.3 Å². The lowest BCUT2D eigenvalue weighted by molar-refractivity contribution is 0.222. The lowest BCUT2D eigenvalue weighted by Crippen LogP contribution is -2.26. The molecule has 0 aliphatic heterocycles. The van der Waals surface area contributed by atoms with Crippen molar-refractivity contribution in [3.05, 3.63) is 47.0 Å². The summed E-state index contributed by atoms with van der Waals surface area (Å²) in [7, 11) is -3.38. The van der Waals surface area contributed by atoms with Crippen molar-refractivity contribution in [1.82, 2.24) is 0 Å². The molecule has 1 aromatic carbocycles. The Bertz CT molecular complexity index is 610. The summed E-state index contributed by atoms with van der Waals surface area (Å²) >= 11 is 6.05. The van der Waals surface area contributed by atoms with E-state index < -0.39 is 10.1 Å². The molecule has 5 heteroatoms. The van der Waals surface area contributed by atoms with Crippen molar-refractivity contribution in [3.8, 4) is 0 Å². The highest BCUT2D eigenvalue weighted by Crippen LogP contribution is 2.38. The fourth-order valence-electron chi connectivity index (χ4n) is 2.88. The molecule has 0 N–H and O–H groups in total. The largest absolute Gasteiger partial charge is 0.270 e. The van der Waals surface area contributed by atoms with Gasteiger partial charge in [-0.15, -0.1) is 0 Å². The summed E-state index contributed by atoms with van der Waals surface area (Å²) in [5, 5.41) is 0.731. The lowest BCUT2D eigenvalue weighted by Gasteiger charge is -2.33. The van der Waals surface area contributed by atoms with Crippen LogP contribution >= 0.6 is 11.6 Å². The quantitative estimate of drug-likeness (QED) is 0.586. The van der Waals surface area contributed by atoms with Gasteiger partial charge in [-0.05, 0) is 55.2 Å². The molecule has 0 radical (unpaired) electrons. The maximum atomic E-state index is 11.1. The summed E-state index contributed by atoms with van der Waals surface area (Å²) in [6, 6.07) is 7.85. The third-order valence-corrected chi connectivity index (χ3v) is 4.69. The molecule has 0 amide bonds. The van der Waals surface area contributed by atoms with Crippen LogP contribution in [0.2, 0.25) is 5.02 Å². The molecule has 0 aromatic heterocycles. The van der Waals surface area contributed by atoms with Crippen LogP contribution in [0.25, 0.3) is 0 Å². The van der Waals surface area contributed by atoms with Crippen LogP contribution in [0.4, 0.5) is 0 Å². The van der Waals surface area contributed by atoms with Crippen LogP contribution in [0.5, 0.6) is 0 Å². The van der Waals surface area contributed by atoms with Crippen LogP contribution in [0, 0.1) is 5.41 Å². The molecule has 0 spiro atoms. The Kier molecular flexibility index (Phi) is 5.47. The Morgan fingerprint density at radius 3 is 2.81 bits per heavy atom. The number of allylic oxidation sites excluding steroid dienone is 2. The van der Waals surface area contributed by atoms with Crippen molar-refractivity contribution in [2.45, 2.75) is 32.1 Å². The summed E-state index contributed by atoms with van der Waals surface area (Å²) in [4.78, 5) is 0. The molecular formula is C16H21ClO3S. The molecule has 1 unspecified atom stereocenters. The van der Waals surface area contributed by atoms with Gasteiger partial charge in [-0.3, -0.25) is 4.18 Å². The molecular weight excluding hydrogens is 308 g/mol. The summed E-state index contributed by atoms with van der Waals surface area (Å²) < 4.78 is 27.2. The van der Waals surface area contributed by atoms with Crippen molar-refractivity contribution in [2.24, 2.45) is 5.41 Å². The van der Waals surface area contributed by atoms with Crippen molar-refractivity contribution in [3.63, 3.8) is 0 Å². The maximum absolute atomic E-state index is 11.1. The van der Waals surface area contributed by atoms with E-state index in [-0.39, 0.29) is 12.0 Å². The van der Waals surface area contributed by atoms with Gasteiger partial charge in [0.15, 0.2) is 0 Å². The van der Waals surface area contributed by atoms with Crippen LogP contribution in [0.15, 0.2) is 36.4 Å². The highest BCUT2D eigenvalue weighted by Gasteiger charge is 2.29. The van der Waals surface area contributed by atoms with Crippen molar-refractivity contribution in [2.75, 3.05) is 12.9 Å². The smallest absolute Gasteiger partial charge is 0.264 e. The minimum atomic E-state index is -3.38. The zero-order chi connectivity index (χ0) is 15.3. The van der Waals surface area contributed by atoms with Gasteiger partial charge < -0.3 is 0 Å². The number of benzene rings is 1. The fourth-order valence-corrected chi connectivity index (χ4v) is 3.48. The van der Waals surface area contributed by atoms with Gasteiger partial charge in [-0.2, -0.15) is 8.42 Å². The first-order valence-electron chi connectivity index (χ1n) is 7.15. The minimum absolute atomic E-state index is 0.0341. The lowest BCUT2D eigenvalue weighted by atomic mass is 9.72. The van der Waals surface area contributed by atoms with Gasteiger partial charge >= 0.3 is 0 Å². The highest BCUT2D eigenvalue weighted by atomic mass is 35.5. The van der Waals surface area contributed by atoms with E-state index in [0.717, 1.165) is 37.0 Å². The molecule has 21 heavy (non-hydrogen) atoms. The topological polar surface area (TPSA) is 43.4 Å². The van der Waals surface area contributed by atoms with Crippen LogP contribution in [0.3, 0.4) is 0 Å². The minimum Gasteiger partial charge on any atom is -0.270 e. The first-order chi connectivity index (χ1) is 9.89. The SMILES string of the molecule is CS(=O)(=O)OCCC1(Cc2cccc(Cl)c2)C=CCCC1. The van der Waals surface area contributed by atoms with Gasteiger partial charge in [0.25, 0.3) is 10.1 Å². The van der Waals surface area contributed by atoms with E-state index in [1.807, 2.05) is 18.2 Å². The Morgan fingerprint density at radius 1 is 1.38 bits per heavy atom. The molecule has 1 aliphatic carbocycles. The first-order valence-corrected chi connectivity index (χ1v) is 9.35. The Balaban J connectivity index is 2.10. The standard InChI is InChI=1S/C16H21ClO3S/c1-21(18,19)20-11-10-16(8-3-2-4-9-16)13-14-6-5-7-15(17)12-14/h3,5-8,12H,2,4,9-11,13H2,1H3. The van der Waals surface area contributed by atoms with Crippen molar-refractivity contribution >= 4 is 21.7 Å². The third-order valence-electron chi connectivity index (χ3n) is 3.86. The third kappa shape index (κ3) is 5.46. The molecule has 0 saturated carbocycles. The first kappa shape index (κ1) is 16.5. The second-order valence-electron chi connectivity index (χ2n) is 5.74. The van der Waals surface area contributed by atoms with Crippen LogP contribution < -0.4 is 0 Å². The van der Waals surface area contributed by atoms with E-state index >= 15 is 0 Å². The summed E-state index contributed by atoms with van der Waals surface area (Å²) in [5.74, 6) is 0. The van der Waals surface area contributed by atoms with E-state index in [1.165, 1.54) is 5.56 Å². The van der Waals surface area contributed by atoms with Gasteiger partial charge in [0.1, 0.15) is 0 Å². The zero-order valence-corrected chi connectivity index (χ0v) is 13.8. The van der Waals surface area contributed by atoms with Crippen LogP contribution in [-0.2, 0) is 20.7 Å². The summed E-state index contributed by atoms with van der Waals surface area (Å²) in [6.45, 7) is 0.226. The maximum Gasteiger partial charge on any atom is 0.264 e. The Labute approximate surface area is 132 Å². The van der Waals surface area contributed by atoms with Gasteiger partial charge in [-0.25, -0.2) is 0 Å². The molecule has 2 rings (SSSR count). The predicted octanol–water partition coefficient (Wildman–Crippen LogP) is 3.98. The van der Waals surface area contributed by atoms with Gasteiger partial charge in [0.2, 0.25) is 0 Å². The molecule has 1 aromatic rings. The predicted molar refractivity (Wildman–Crippen MR) is 86.0 cm³/mol. The molecule has 1 aliphatic rings. The molecule has 0 saturated heterocycles. The fraction of sp³-hybridized carbons (Fsp3) is 0.500. The van der Waals surface area contributed by atoms with Gasteiger partial charge in [0, 0.05) is 5.02 Å². The summed E-state index contributed by atoms with van der Waals surface area (Å²) in [5.41, 5.74) is 1.14. The van der Waals surface area contributed by atoms with Crippen LogP contribution in [0.1, 0.15) is 31.2 Å². The van der Waals surface area contributed by atoms with E-state index in [4.69, 9.17) is 15.8 Å². The zero-order valence-electron chi connectivity index (χ0n) is 12.2. The number of halogens is 1. The molecule has 0 bridgehead atoms. The normalized spacial score (nSPS) is 22.4. The number of hydrogen-bond acceptors (Lipinski definition) is 3. The molecule has 3 nitrogen and oxygen atoms in total. The molecule has 1 atom stereocenters. The average molecular weight is 329 g/mol. The van der Waals surface area contributed by atoms with E-state index in [1.54, 1.807) is 0 Å². The van der Waals surface area contributed by atoms with E-state index in [0.29, 0.717) is 6.42 Å². The number of rotatable bonds is 6. The van der Waals surface area contributed by atoms with Crippen molar-refractivity contribution < 1.29 is 12.6 Å². The van der Waals surface area contributed by atoms with Gasteiger partial charge in [0.05, 0.1) is 12.9 Å². The second-order valence-corrected chi connectivity index (χ2v) is 7.82. The average Bonchev–Trinajstić information content (AvgIpc) is 2.38. The molecule has 0 fully saturated rings. The van der Waals surface area contributed by atoms with E-state index in [2.05, 4.69) is 18.2 Å². The monoisotopic (exact) mass is 328 g/mol. The van der Waals surface area contributed by atoms with Gasteiger partial charge in [-0.1, -0.05) is 35.9 Å². The van der Waals surface area contributed by atoms with Crippen molar-refractivity contribution in [1.29, 1.82) is 0 Å². The Hall–Kier alpha value is -0.840. The summed E-state index contributed by atoms with van der Waals surface area (Å²) in [6.07, 6.45) is 10.3. The second kappa shape index (κ2) is 6.95. The molecule has 116 valence electrons. The number of hydrogen-bond donors (Lipinski definition) is 0.